The summed E-state index contributed by atoms with van der Waals surface area (Å²) >= 11 is 0. The van der Waals surface area contributed by atoms with Crippen molar-refractivity contribution >= 4 is 22.8 Å². The van der Waals surface area contributed by atoms with Gasteiger partial charge in [0, 0.05) is 53.2 Å². The van der Waals surface area contributed by atoms with Gasteiger partial charge in [0.1, 0.15) is 5.82 Å². The molecule has 2 heterocycles. The maximum atomic E-state index is 13.5. The van der Waals surface area contributed by atoms with Gasteiger partial charge in [0.15, 0.2) is 0 Å². The van der Waals surface area contributed by atoms with Crippen LogP contribution < -0.4 is 11.1 Å². The Balaban J connectivity index is 2.11. The molecule has 5 heteroatoms. The molecule has 3 aromatic rings. The number of hydrogen-bond donors (Lipinski definition) is 3. The Bertz CT molecular complexity index is 982. The zero-order valence-corrected chi connectivity index (χ0v) is 15.0. The third-order valence-corrected chi connectivity index (χ3v) is 5.23. The number of nitrogens with zero attached hydrogens (tertiary/aromatic N) is 1. The highest BCUT2D eigenvalue weighted by molar-refractivity contribution is 5.98. The van der Waals surface area contributed by atoms with Gasteiger partial charge in [-0.1, -0.05) is 13.8 Å². The SMILES string of the molecule is CC(C)c1c(C2CNC2)c2cc(N)c(C=N)cc2n1-c1ccc(F)cc1. The topological polar surface area (TPSA) is 66.8 Å². The van der Waals surface area contributed by atoms with Gasteiger partial charge in [-0.15, -0.1) is 0 Å². The number of nitrogen functional groups attached to an aromatic ring is 1. The number of nitrogens with one attached hydrogen (secondary N) is 2. The second kappa shape index (κ2) is 6.25. The van der Waals surface area contributed by atoms with E-state index < -0.39 is 0 Å². The normalized spacial score (nSPS) is 14.8. The van der Waals surface area contributed by atoms with E-state index in [9.17, 15) is 4.39 Å². The number of hydrogen-bond acceptors (Lipinski definition) is 3. The van der Waals surface area contributed by atoms with Crippen molar-refractivity contribution in [3.05, 3.63) is 59.0 Å². The van der Waals surface area contributed by atoms with E-state index in [1.54, 1.807) is 0 Å². The van der Waals surface area contributed by atoms with Gasteiger partial charge in [0.25, 0.3) is 0 Å². The fourth-order valence-corrected chi connectivity index (χ4v) is 3.89. The fraction of sp³-hybridized carbons (Fsp3) is 0.286. The number of fused-ring (bicyclic) bond motifs is 1. The van der Waals surface area contributed by atoms with Gasteiger partial charge < -0.3 is 21.0 Å². The maximum Gasteiger partial charge on any atom is 0.123 e. The van der Waals surface area contributed by atoms with Crippen molar-refractivity contribution < 1.29 is 4.39 Å². The molecule has 26 heavy (non-hydrogen) atoms. The van der Waals surface area contributed by atoms with Gasteiger partial charge in [-0.05, 0) is 47.9 Å². The van der Waals surface area contributed by atoms with Crippen molar-refractivity contribution in [2.24, 2.45) is 0 Å². The average Bonchev–Trinajstić information content (AvgIpc) is 2.87. The lowest BCUT2D eigenvalue weighted by Gasteiger charge is -2.29. The molecular formula is C21H23FN4. The highest BCUT2D eigenvalue weighted by Gasteiger charge is 2.30. The van der Waals surface area contributed by atoms with Crippen LogP contribution in [0.15, 0.2) is 36.4 Å². The summed E-state index contributed by atoms with van der Waals surface area (Å²) in [5.41, 5.74) is 12.0. The molecule has 134 valence electrons. The monoisotopic (exact) mass is 350 g/mol. The summed E-state index contributed by atoms with van der Waals surface area (Å²) in [7, 11) is 0. The third kappa shape index (κ3) is 2.51. The maximum absolute atomic E-state index is 13.5. The van der Waals surface area contributed by atoms with Gasteiger partial charge in [-0.25, -0.2) is 4.39 Å². The van der Waals surface area contributed by atoms with E-state index >= 15 is 0 Å². The van der Waals surface area contributed by atoms with Crippen molar-refractivity contribution in [2.45, 2.75) is 25.7 Å². The first-order valence-electron chi connectivity index (χ1n) is 8.96. The lowest BCUT2D eigenvalue weighted by atomic mass is 9.88. The summed E-state index contributed by atoms with van der Waals surface area (Å²) in [6, 6.07) is 10.6. The summed E-state index contributed by atoms with van der Waals surface area (Å²) in [5, 5.41) is 12.2. The minimum absolute atomic E-state index is 0.246. The third-order valence-electron chi connectivity index (χ3n) is 5.23. The first-order chi connectivity index (χ1) is 12.5. The fourth-order valence-electron chi connectivity index (χ4n) is 3.89. The smallest absolute Gasteiger partial charge is 0.123 e. The molecule has 0 spiro atoms. The molecule has 1 aromatic heterocycles. The molecule has 0 radical (unpaired) electrons. The Kier molecular flexibility index (Phi) is 4.04. The second-order valence-corrected chi connectivity index (χ2v) is 7.26. The van der Waals surface area contributed by atoms with Crippen molar-refractivity contribution in [3.8, 4) is 5.69 Å². The largest absolute Gasteiger partial charge is 0.398 e. The summed E-state index contributed by atoms with van der Waals surface area (Å²) < 4.78 is 15.7. The predicted octanol–water partition coefficient (Wildman–Crippen LogP) is 4.16. The van der Waals surface area contributed by atoms with Crippen molar-refractivity contribution in [3.63, 3.8) is 0 Å². The number of rotatable bonds is 4. The van der Waals surface area contributed by atoms with Gasteiger partial charge >= 0.3 is 0 Å². The number of aromatic nitrogens is 1. The molecule has 1 aliphatic heterocycles. The minimum Gasteiger partial charge on any atom is -0.398 e. The van der Waals surface area contributed by atoms with Crippen LogP contribution >= 0.6 is 0 Å². The van der Waals surface area contributed by atoms with E-state index in [0.29, 0.717) is 23.1 Å². The van der Waals surface area contributed by atoms with Crippen LogP contribution in [0, 0.1) is 11.2 Å². The van der Waals surface area contributed by atoms with E-state index in [4.69, 9.17) is 11.1 Å². The lowest BCUT2D eigenvalue weighted by Crippen LogP contribution is -2.40. The van der Waals surface area contributed by atoms with Crippen LogP contribution in [-0.4, -0.2) is 23.9 Å². The zero-order chi connectivity index (χ0) is 18.4. The van der Waals surface area contributed by atoms with E-state index in [0.717, 1.165) is 29.7 Å². The molecule has 0 bridgehead atoms. The highest BCUT2D eigenvalue weighted by Crippen LogP contribution is 2.40. The van der Waals surface area contributed by atoms with E-state index in [-0.39, 0.29) is 5.82 Å². The Labute approximate surface area is 152 Å². The molecule has 0 saturated carbocycles. The number of nitrogens with two attached hydrogens (primary N) is 1. The molecule has 0 amide bonds. The Hall–Kier alpha value is -2.66. The minimum atomic E-state index is -0.246. The first kappa shape index (κ1) is 16.8. The molecule has 0 aliphatic carbocycles. The van der Waals surface area contributed by atoms with Gasteiger partial charge in [0.05, 0.1) is 5.52 Å². The average molecular weight is 350 g/mol. The number of benzene rings is 2. The van der Waals surface area contributed by atoms with Crippen LogP contribution in [0.3, 0.4) is 0 Å². The second-order valence-electron chi connectivity index (χ2n) is 7.26. The Morgan fingerprint density at radius 2 is 1.92 bits per heavy atom. The molecule has 2 aromatic carbocycles. The number of anilines is 1. The molecular weight excluding hydrogens is 327 g/mol. The van der Waals surface area contributed by atoms with E-state index in [2.05, 4.69) is 23.7 Å². The van der Waals surface area contributed by atoms with Crippen LogP contribution in [0.2, 0.25) is 0 Å². The Morgan fingerprint density at radius 1 is 1.23 bits per heavy atom. The summed E-state index contributed by atoms with van der Waals surface area (Å²) in [6.07, 6.45) is 1.29. The summed E-state index contributed by atoms with van der Waals surface area (Å²) in [4.78, 5) is 0. The molecule has 4 nitrogen and oxygen atoms in total. The van der Waals surface area contributed by atoms with E-state index in [1.807, 2.05) is 24.3 Å². The highest BCUT2D eigenvalue weighted by atomic mass is 19.1. The van der Waals surface area contributed by atoms with Crippen LogP contribution in [-0.2, 0) is 0 Å². The summed E-state index contributed by atoms with van der Waals surface area (Å²) in [5.74, 6) is 0.499. The number of halogens is 1. The molecule has 4 N–H and O–H groups in total. The van der Waals surface area contributed by atoms with Crippen molar-refractivity contribution in [1.82, 2.24) is 9.88 Å². The molecule has 1 fully saturated rings. The van der Waals surface area contributed by atoms with Crippen LogP contribution in [0.25, 0.3) is 16.6 Å². The first-order valence-corrected chi connectivity index (χ1v) is 8.96. The van der Waals surface area contributed by atoms with Crippen LogP contribution in [0.1, 0.15) is 42.5 Å². The molecule has 0 unspecified atom stereocenters. The molecule has 1 saturated heterocycles. The van der Waals surface area contributed by atoms with Gasteiger partial charge in [-0.3, -0.25) is 0 Å². The predicted molar refractivity (Wildman–Crippen MR) is 105 cm³/mol. The van der Waals surface area contributed by atoms with Crippen molar-refractivity contribution in [1.29, 1.82) is 5.41 Å². The summed E-state index contributed by atoms with van der Waals surface area (Å²) in [6.45, 7) is 6.28. The molecule has 0 atom stereocenters. The van der Waals surface area contributed by atoms with Gasteiger partial charge in [0.2, 0.25) is 0 Å². The lowest BCUT2D eigenvalue weighted by molar-refractivity contribution is 0.446. The molecule has 4 rings (SSSR count). The van der Waals surface area contributed by atoms with Crippen LogP contribution in [0.4, 0.5) is 10.1 Å². The van der Waals surface area contributed by atoms with Gasteiger partial charge in [-0.2, -0.15) is 0 Å². The van der Waals surface area contributed by atoms with Crippen LogP contribution in [0.5, 0.6) is 0 Å². The Morgan fingerprint density at radius 3 is 2.46 bits per heavy atom. The molecule has 1 aliphatic rings. The van der Waals surface area contributed by atoms with E-state index in [1.165, 1.54) is 29.6 Å². The quantitative estimate of drug-likeness (QED) is 0.488. The standard InChI is InChI=1S/C21H23FN4/c1-12(2)21-20(14-10-25-11-14)17-8-18(24)13(9-23)7-19(17)26(21)16-5-3-15(22)4-6-16/h3-9,12,14,23,25H,10-11,24H2,1-2H3. The van der Waals surface area contributed by atoms with Crippen molar-refractivity contribution in [2.75, 3.05) is 18.8 Å². The zero-order valence-electron chi connectivity index (χ0n) is 15.0.